The number of nitrogens with one attached hydrogen (secondary N) is 1. The van der Waals surface area contributed by atoms with Crippen molar-refractivity contribution < 1.29 is 27.5 Å². The molecular formula is C8H8F3NO3S. The monoisotopic (exact) mass is 255 g/mol. The second-order valence-electron chi connectivity index (χ2n) is 2.85. The summed E-state index contributed by atoms with van der Waals surface area (Å²) in [5, 5.41) is 1.68. The first-order valence-electron chi connectivity index (χ1n) is 4.18. The Bertz CT molecular complexity index is 351. The highest BCUT2D eigenvalue weighted by molar-refractivity contribution is 8.04. The first-order valence-corrected chi connectivity index (χ1v) is 5.17. The summed E-state index contributed by atoms with van der Waals surface area (Å²) in [6, 6.07) is 0. The Labute approximate surface area is 93.2 Å². The summed E-state index contributed by atoms with van der Waals surface area (Å²) in [5.41, 5.74) is -0.0285. The molecule has 1 aliphatic heterocycles. The van der Waals surface area contributed by atoms with Gasteiger partial charge in [-0.3, -0.25) is 4.79 Å². The number of hydrogen-bond donors (Lipinski definition) is 1. The van der Waals surface area contributed by atoms with Crippen LogP contribution >= 0.6 is 11.8 Å². The van der Waals surface area contributed by atoms with Gasteiger partial charge in [0.1, 0.15) is 4.91 Å². The molecule has 1 rings (SSSR count). The second kappa shape index (κ2) is 4.77. The highest BCUT2D eigenvalue weighted by atomic mass is 32.2. The normalized spacial score (nSPS) is 16.2. The number of alkyl halides is 3. The van der Waals surface area contributed by atoms with E-state index in [1.54, 1.807) is 5.32 Å². The third kappa shape index (κ3) is 2.91. The predicted octanol–water partition coefficient (Wildman–Crippen LogP) is 1.19. The number of allylic oxidation sites excluding steroid dienone is 1. The van der Waals surface area contributed by atoms with E-state index in [2.05, 4.69) is 4.74 Å². The van der Waals surface area contributed by atoms with Crippen LogP contribution in [-0.2, 0) is 14.3 Å². The molecular weight excluding hydrogens is 247 g/mol. The van der Waals surface area contributed by atoms with Crippen molar-refractivity contribution in [2.24, 2.45) is 0 Å². The van der Waals surface area contributed by atoms with E-state index in [4.69, 9.17) is 0 Å². The van der Waals surface area contributed by atoms with E-state index in [0.29, 0.717) is 5.75 Å². The first kappa shape index (κ1) is 12.9. The van der Waals surface area contributed by atoms with Gasteiger partial charge in [-0.1, -0.05) is 0 Å². The van der Waals surface area contributed by atoms with Crippen LogP contribution in [0.2, 0.25) is 0 Å². The van der Waals surface area contributed by atoms with Crippen molar-refractivity contribution in [3.63, 3.8) is 0 Å². The van der Waals surface area contributed by atoms with Gasteiger partial charge in [0.05, 0.1) is 7.11 Å². The van der Waals surface area contributed by atoms with Crippen molar-refractivity contribution >= 4 is 23.6 Å². The van der Waals surface area contributed by atoms with Crippen LogP contribution in [0.4, 0.5) is 13.2 Å². The molecule has 0 bridgehead atoms. The van der Waals surface area contributed by atoms with Gasteiger partial charge >= 0.3 is 18.1 Å². The fourth-order valence-corrected chi connectivity index (χ4v) is 2.10. The SMILES string of the molecule is COC(=O)C1=C(NC(=O)C(F)(F)F)CCS1. The summed E-state index contributed by atoms with van der Waals surface area (Å²) in [5.74, 6) is -2.37. The van der Waals surface area contributed by atoms with Gasteiger partial charge in [0, 0.05) is 11.4 Å². The molecule has 1 N–H and O–H groups in total. The summed E-state index contributed by atoms with van der Waals surface area (Å²) in [6.07, 6.45) is -4.75. The Morgan fingerprint density at radius 2 is 2.06 bits per heavy atom. The van der Waals surface area contributed by atoms with Gasteiger partial charge in [-0.05, 0) is 6.42 Å². The van der Waals surface area contributed by atoms with Gasteiger partial charge in [-0.2, -0.15) is 13.2 Å². The molecule has 0 aromatic heterocycles. The van der Waals surface area contributed by atoms with E-state index in [9.17, 15) is 22.8 Å². The molecule has 0 aromatic rings. The van der Waals surface area contributed by atoms with E-state index in [1.165, 1.54) is 0 Å². The molecule has 1 aliphatic rings. The first-order chi connectivity index (χ1) is 7.36. The standard InChI is InChI=1S/C8H8F3NO3S/c1-15-6(13)5-4(2-3-16-5)12-7(14)8(9,10)11/h2-3H2,1H3,(H,12,14). The molecule has 4 nitrogen and oxygen atoms in total. The number of rotatable bonds is 2. The molecule has 0 radical (unpaired) electrons. The van der Waals surface area contributed by atoms with E-state index >= 15 is 0 Å². The van der Waals surface area contributed by atoms with Gasteiger partial charge in [0.25, 0.3) is 0 Å². The minimum atomic E-state index is -4.96. The third-order valence-electron chi connectivity index (χ3n) is 1.77. The van der Waals surface area contributed by atoms with Gasteiger partial charge in [0.2, 0.25) is 0 Å². The second-order valence-corrected chi connectivity index (χ2v) is 3.95. The summed E-state index contributed by atoms with van der Waals surface area (Å²) >= 11 is 1.06. The summed E-state index contributed by atoms with van der Waals surface area (Å²) in [7, 11) is 1.12. The van der Waals surface area contributed by atoms with Crippen molar-refractivity contribution in [2.75, 3.05) is 12.9 Å². The molecule has 0 unspecified atom stereocenters. The number of thioether (sulfide) groups is 1. The van der Waals surface area contributed by atoms with Gasteiger partial charge in [-0.15, -0.1) is 11.8 Å². The highest BCUT2D eigenvalue weighted by Gasteiger charge is 2.40. The Balaban J connectivity index is 2.79. The van der Waals surface area contributed by atoms with E-state index in [1.807, 2.05) is 0 Å². The topological polar surface area (TPSA) is 55.4 Å². The van der Waals surface area contributed by atoms with E-state index in [0.717, 1.165) is 18.9 Å². The van der Waals surface area contributed by atoms with Crippen LogP contribution in [0.1, 0.15) is 6.42 Å². The lowest BCUT2D eigenvalue weighted by molar-refractivity contribution is -0.172. The third-order valence-corrected chi connectivity index (χ3v) is 2.88. The number of halogens is 3. The Morgan fingerprint density at radius 3 is 2.56 bits per heavy atom. The summed E-state index contributed by atoms with van der Waals surface area (Å²) in [4.78, 5) is 21.8. The number of carbonyl (C=O) groups is 2. The fraction of sp³-hybridized carbons (Fsp3) is 0.500. The highest BCUT2D eigenvalue weighted by Crippen LogP contribution is 2.31. The quantitative estimate of drug-likeness (QED) is 0.753. The van der Waals surface area contributed by atoms with Crippen molar-refractivity contribution in [2.45, 2.75) is 12.6 Å². The van der Waals surface area contributed by atoms with Gasteiger partial charge < -0.3 is 10.1 Å². The van der Waals surface area contributed by atoms with Crippen molar-refractivity contribution in [3.05, 3.63) is 10.6 Å². The zero-order valence-electron chi connectivity index (χ0n) is 8.18. The largest absolute Gasteiger partial charge is 0.471 e. The minimum absolute atomic E-state index is 0.0279. The van der Waals surface area contributed by atoms with Gasteiger partial charge in [-0.25, -0.2) is 4.79 Å². The van der Waals surface area contributed by atoms with Crippen LogP contribution in [0.3, 0.4) is 0 Å². The molecule has 0 aliphatic carbocycles. The lowest BCUT2D eigenvalue weighted by atomic mass is 10.3. The van der Waals surface area contributed by atoms with Crippen LogP contribution < -0.4 is 5.32 Å². The van der Waals surface area contributed by atoms with Crippen LogP contribution in [0.5, 0.6) is 0 Å². The minimum Gasteiger partial charge on any atom is -0.465 e. The molecule has 16 heavy (non-hydrogen) atoms. The molecule has 0 fully saturated rings. The Morgan fingerprint density at radius 1 is 1.44 bits per heavy atom. The number of esters is 1. The molecule has 1 heterocycles. The number of carbonyl (C=O) groups excluding carboxylic acids is 2. The fourth-order valence-electron chi connectivity index (χ4n) is 1.06. The number of ether oxygens (including phenoxy) is 1. The lowest BCUT2D eigenvalue weighted by Gasteiger charge is -2.09. The average Bonchev–Trinajstić information content (AvgIpc) is 2.63. The molecule has 8 heteroatoms. The molecule has 1 amide bonds. The molecule has 0 saturated carbocycles. The molecule has 0 atom stereocenters. The van der Waals surface area contributed by atoms with Crippen molar-refractivity contribution in [1.82, 2.24) is 5.32 Å². The Kier molecular flexibility index (Phi) is 3.84. The number of hydrogen-bond acceptors (Lipinski definition) is 4. The number of amides is 1. The van der Waals surface area contributed by atoms with Crippen LogP contribution in [-0.4, -0.2) is 30.9 Å². The molecule has 0 aromatic carbocycles. The van der Waals surface area contributed by atoms with Crippen LogP contribution in [0.15, 0.2) is 10.6 Å². The van der Waals surface area contributed by atoms with Crippen molar-refractivity contribution in [1.29, 1.82) is 0 Å². The van der Waals surface area contributed by atoms with E-state index < -0.39 is 18.1 Å². The maximum absolute atomic E-state index is 12.0. The zero-order valence-corrected chi connectivity index (χ0v) is 9.00. The molecule has 0 spiro atoms. The average molecular weight is 255 g/mol. The lowest BCUT2D eigenvalue weighted by Crippen LogP contribution is -2.36. The molecule has 0 saturated heterocycles. The van der Waals surface area contributed by atoms with Crippen LogP contribution in [0.25, 0.3) is 0 Å². The van der Waals surface area contributed by atoms with Gasteiger partial charge in [0.15, 0.2) is 0 Å². The summed E-state index contributed by atoms with van der Waals surface area (Å²) in [6.45, 7) is 0. The summed E-state index contributed by atoms with van der Waals surface area (Å²) < 4.78 is 40.2. The number of methoxy groups -OCH3 is 1. The van der Waals surface area contributed by atoms with Crippen molar-refractivity contribution in [3.8, 4) is 0 Å². The van der Waals surface area contributed by atoms with E-state index in [-0.39, 0.29) is 17.0 Å². The smallest absolute Gasteiger partial charge is 0.465 e. The molecule has 90 valence electrons. The predicted molar refractivity (Wildman–Crippen MR) is 50.3 cm³/mol. The maximum atomic E-state index is 12.0. The zero-order chi connectivity index (χ0) is 12.3. The Hall–Kier alpha value is -1.18. The van der Waals surface area contributed by atoms with Crippen LogP contribution in [0, 0.1) is 0 Å². The maximum Gasteiger partial charge on any atom is 0.471 e.